The van der Waals surface area contributed by atoms with Crippen LogP contribution in [0.3, 0.4) is 0 Å². The van der Waals surface area contributed by atoms with Crippen LogP contribution in [0.5, 0.6) is 0 Å². The van der Waals surface area contributed by atoms with Crippen LogP contribution in [0.2, 0.25) is 0 Å². The quantitative estimate of drug-likeness (QED) is 0.363. The molecule has 8 nitrogen and oxygen atoms in total. The van der Waals surface area contributed by atoms with Crippen LogP contribution in [0.4, 0.5) is 9.18 Å². The molecule has 31 heavy (non-hydrogen) atoms. The topological polar surface area (TPSA) is 102 Å². The van der Waals surface area contributed by atoms with E-state index in [1.807, 2.05) is 0 Å². The zero-order valence-electron chi connectivity index (χ0n) is 17.7. The van der Waals surface area contributed by atoms with Crippen LogP contribution in [0.15, 0.2) is 22.7 Å². The van der Waals surface area contributed by atoms with Crippen molar-refractivity contribution in [2.45, 2.75) is 45.6 Å². The van der Waals surface area contributed by atoms with Crippen molar-refractivity contribution >= 4 is 39.7 Å². The molecule has 0 aromatic heterocycles. The predicted octanol–water partition coefficient (Wildman–Crippen LogP) is 3.63. The lowest BCUT2D eigenvalue weighted by molar-refractivity contribution is -0.158. The van der Waals surface area contributed by atoms with Crippen LogP contribution in [0.25, 0.3) is 0 Å². The number of carbonyl (C=O) groups is 4. The highest BCUT2D eigenvalue weighted by Crippen LogP contribution is 2.33. The van der Waals surface area contributed by atoms with Crippen molar-refractivity contribution in [1.29, 1.82) is 0 Å². The Balaban J connectivity index is 2.08. The van der Waals surface area contributed by atoms with Gasteiger partial charge in [0.2, 0.25) is 11.7 Å². The van der Waals surface area contributed by atoms with Crippen molar-refractivity contribution < 1.29 is 33.0 Å². The van der Waals surface area contributed by atoms with E-state index in [4.69, 9.17) is 4.74 Å². The highest BCUT2D eigenvalue weighted by atomic mass is 79.9. The lowest BCUT2D eigenvalue weighted by Crippen LogP contribution is -2.54. The first-order chi connectivity index (χ1) is 14.6. The lowest BCUT2D eigenvalue weighted by atomic mass is 9.78. The molecule has 1 saturated carbocycles. The lowest BCUT2D eigenvalue weighted by Gasteiger charge is -2.35. The van der Waals surface area contributed by atoms with E-state index in [0.717, 1.165) is 23.9 Å². The minimum atomic E-state index is -0.792. The minimum Gasteiger partial charge on any atom is -0.457 e. The molecule has 0 radical (unpaired) electrons. The summed E-state index contributed by atoms with van der Waals surface area (Å²) in [4.78, 5) is 49.6. The molecule has 10 heteroatoms. The standard InChI is InChI=1S/C21H26BrFN2O6/c1-12(2)25(24-21(29)30-3)19(27)14-6-4-5-7-15(14)20(28)31-11-18(26)16-9-8-13(22)10-17(16)23/h8-10,12,14-15H,4-7,11H2,1-3H3,(H,24,29)/t14-,15-/m0/s1. The third kappa shape index (κ3) is 6.49. The molecule has 1 aromatic rings. The van der Waals surface area contributed by atoms with E-state index in [1.165, 1.54) is 19.2 Å². The van der Waals surface area contributed by atoms with Gasteiger partial charge in [-0.2, -0.15) is 0 Å². The van der Waals surface area contributed by atoms with Crippen LogP contribution in [0.1, 0.15) is 49.9 Å². The van der Waals surface area contributed by atoms with Gasteiger partial charge >= 0.3 is 12.1 Å². The van der Waals surface area contributed by atoms with Crippen molar-refractivity contribution in [2.24, 2.45) is 11.8 Å². The van der Waals surface area contributed by atoms with Gasteiger partial charge in [0.1, 0.15) is 5.82 Å². The maximum Gasteiger partial charge on any atom is 0.425 e. The Bertz CT molecular complexity index is 847. The van der Waals surface area contributed by atoms with Gasteiger partial charge in [-0.25, -0.2) is 19.6 Å². The number of methoxy groups -OCH3 is 1. The average molecular weight is 501 g/mol. The van der Waals surface area contributed by atoms with Gasteiger partial charge in [-0.1, -0.05) is 28.8 Å². The van der Waals surface area contributed by atoms with Gasteiger partial charge in [0.25, 0.3) is 0 Å². The SMILES string of the molecule is COC(=O)NN(C(=O)[C@H]1CCCC[C@@H]1C(=O)OCC(=O)c1ccc(Br)cc1F)C(C)C. The Hall–Kier alpha value is -2.49. The Kier molecular flexibility index (Phi) is 8.97. The molecule has 2 rings (SSSR count). The molecule has 0 saturated heterocycles. The number of Topliss-reactive ketones (excluding diaryl/α,β-unsaturated/α-hetero) is 1. The molecule has 2 atom stereocenters. The Morgan fingerprint density at radius 3 is 2.42 bits per heavy atom. The van der Waals surface area contributed by atoms with E-state index in [-0.39, 0.29) is 11.6 Å². The van der Waals surface area contributed by atoms with E-state index in [1.54, 1.807) is 13.8 Å². The predicted molar refractivity (Wildman–Crippen MR) is 112 cm³/mol. The summed E-state index contributed by atoms with van der Waals surface area (Å²) in [6.45, 7) is 2.81. The molecule has 0 unspecified atom stereocenters. The summed E-state index contributed by atoms with van der Waals surface area (Å²) in [5.41, 5.74) is 2.20. The molecular formula is C21H26BrFN2O6. The first kappa shape index (κ1) is 24.8. The number of carbonyl (C=O) groups excluding carboxylic acids is 4. The number of ketones is 1. The second-order valence-electron chi connectivity index (χ2n) is 7.56. The number of rotatable bonds is 6. The molecule has 0 heterocycles. The van der Waals surface area contributed by atoms with Crippen molar-refractivity contribution in [1.82, 2.24) is 10.4 Å². The van der Waals surface area contributed by atoms with Crippen LogP contribution in [-0.4, -0.2) is 48.5 Å². The summed E-state index contributed by atoms with van der Waals surface area (Å²) in [7, 11) is 1.18. The van der Waals surface area contributed by atoms with Crippen LogP contribution < -0.4 is 5.43 Å². The van der Waals surface area contributed by atoms with Crippen molar-refractivity contribution in [3.8, 4) is 0 Å². The maximum atomic E-state index is 14.0. The Morgan fingerprint density at radius 2 is 1.84 bits per heavy atom. The van der Waals surface area contributed by atoms with Crippen molar-refractivity contribution in [3.05, 3.63) is 34.1 Å². The van der Waals surface area contributed by atoms with E-state index in [0.29, 0.717) is 17.3 Å². The van der Waals surface area contributed by atoms with E-state index < -0.39 is 48.0 Å². The van der Waals surface area contributed by atoms with Gasteiger partial charge in [-0.15, -0.1) is 0 Å². The zero-order chi connectivity index (χ0) is 23.1. The number of nitrogens with zero attached hydrogens (tertiary/aromatic N) is 1. The van der Waals surface area contributed by atoms with E-state index in [9.17, 15) is 23.6 Å². The molecule has 0 bridgehead atoms. The molecule has 1 N–H and O–H groups in total. The molecule has 2 amide bonds. The number of benzene rings is 1. The zero-order valence-corrected chi connectivity index (χ0v) is 19.2. The second-order valence-corrected chi connectivity index (χ2v) is 8.47. The first-order valence-electron chi connectivity index (χ1n) is 9.98. The molecule has 1 fully saturated rings. The van der Waals surface area contributed by atoms with Gasteiger partial charge in [-0.3, -0.25) is 14.4 Å². The van der Waals surface area contributed by atoms with Gasteiger partial charge in [-0.05, 0) is 44.9 Å². The molecule has 1 aliphatic rings. The van der Waals surface area contributed by atoms with Crippen LogP contribution >= 0.6 is 15.9 Å². The van der Waals surface area contributed by atoms with Gasteiger partial charge in [0.15, 0.2) is 6.61 Å². The second kappa shape index (κ2) is 11.2. The number of esters is 1. The number of amides is 2. The first-order valence-corrected chi connectivity index (χ1v) is 10.8. The number of ether oxygens (including phenoxy) is 2. The molecule has 0 aliphatic heterocycles. The smallest absolute Gasteiger partial charge is 0.425 e. The van der Waals surface area contributed by atoms with Gasteiger partial charge in [0, 0.05) is 10.5 Å². The summed E-state index contributed by atoms with van der Waals surface area (Å²) in [5.74, 6) is -3.97. The molecule has 170 valence electrons. The molecular weight excluding hydrogens is 475 g/mol. The summed E-state index contributed by atoms with van der Waals surface area (Å²) in [6.07, 6.45) is 1.54. The third-order valence-electron chi connectivity index (χ3n) is 5.11. The number of hydrogen-bond acceptors (Lipinski definition) is 6. The maximum absolute atomic E-state index is 14.0. The average Bonchev–Trinajstić information content (AvgIpc) is 2.74. The highest BCUT2D eigenvalue weighted by Gasteiger charge is 2.40. The molecule has 1 aromatic carbocycles. The molecule has 0 spiro atoms. The largest absolute Gasteiger partial charge is 0.457 e. The summed E-state index contributed by atoms with van der Waals surface area (Å²) in [5, 5.41) is 1.14. The third-order valence-corrected chi connectivity index (χ3v) is 5.61. The summed E-state index contributed by atoms with van der Waals surface area (Å²) >= 11 is 3.11. The summed E-state index contributed by atoms with van der Waals surface area (Å²) in [6, 6.07) is 3.61. The Labute approximate surface area is 188 Å². The fourth-order valence-corrected chi connectivity index (χ4v) is 3.84. The number of halogens is 2. The van der Waals surface area contributed by atoms with Gasteiger partial charge in [0.05, 0.1) is 24.5 Å². The number of nitrogens with one attached hydrogen (secondary N) is 1. The summed E-state index contributed by atoms with van der Waals surface area (Å²) < 4.78 is 24.2. The number of hydrazine groups is 1. The van der Waals surface area contributed by atoms with Gasteiger partial charge < -0.3 is 9.47 Å². The van der Waals surface area contributed by atoms with E-state index in [2.05, 4.69) is 26.1 Å². The molecule has 1 aliphatic carbocycles. The van der Waals surface area contributed by atoms with Crippen LogP contribution in [-0.2, 0) is 19.1 Å². The van der Waals surface area contributed by atoms with Crippen molar-refractivity contribution in [3.63, 3.8) is 0 Å². The van der Waals surface area contributed by atoms with E-state index >= 15 is 0 Å². The minimum absolute atomic E-state index is 0.180. The fourth-order valence-electron chi connectivity index (χ4n) is 3.51. The normalized spacial score (nSPS) is 18.3. The highest BCUT2D eigenvalue weighted by molar-refractivity contribution is 9.10. The van der Waals surface area contributed by atoms with Crippen molar-refractivity contribution in [2.75, 3.05) is 13.7 Å². The van der Waals surface area contributed by atoms with Crippen LogP contribution in [0, 0.1) is 17.7 Å². The number of hydrogen-bond donors (Lipinski definition) is 1. The Morgan fingerprint density at radius 1 is 1.19 bits per heavy atom. The fraction of sp³-hybridized carbons (Fsp3) is 0.524. The monoisotopic (exact) mass is 500 g/mol.